The number of phosphoric acid groups is 1. The van der Waals surface area contributed by atoms with E-state index in [-0.39, 0.29) is 19.4 Å². The molecule has 0 spiro atoms. The van der Waals surface area contributed by atoms with Crippen molar-refractivity contribution in [2.75, 3.05) is 26.4 Å². The number of rotatable bonds is 38. The van der Waals surface area contributed by atoms with E-state index in [1.54, 1.807) is 0 Å². The van der Waals surface area contributed by atoms with Crippen LogP contribution < -0.4 is 0 Å². The molecular formula is C40H75O10P. The first-order valence-corrected chi connectivity index (χ1v) is 21.8. The molecule has 3 atom stereocenters. The van der Waals surface area contributed by atoms with Gasteiger partial charge in [-0.2, -0.15) is 0 Å². The Morgan fingerprint density at radius 3 is 1.47 bits per heavy atom. The first-order valence-electron chi connectivity index (χ1n) is 20.3. The summed E-state index contributed by atoms with van der Waals surface area (Å²) >= 11 is 0. The SMILES string of the molecule is CCCC/C=C/CCCCCCCC(=O)OC[C@H](COP(=O)(O)OC[C@@H](O)CO)OC(=O)CCCCCCCCC/C=C/CCCCCCCC. The summed E-state index contributed by atoms with van der Waals surface area (Å²) in [5.74, 6) is -0.939. The second kappa shape index (κ2) is 36.8. The van der Waals surface area contributed by atoms with Gasteiger partial charge < -0.3 is 24.6 Å². The van der Waals surface area contributed by atoms with E-state index >= 15 is 0 Å². The first-order chi connectivity index (χ1) is 24.7. The number of esters is 2. The number of phosphoric ester groups is 1. The predicted octanol–water partition coefficient (Wildman–Crippen LogP) is 10.2. The smallest absolute Gasteiger partial charge is 0.462 e. The van der Waals surface area contributed by atoms with Crippen LogP contribution in [-0.4, -0.2) is 65.7 Å². The van der Waals surface area contributed by atoms with Crippen LogP contribution in [0.25, 0.3) is 0 Å². The van der Waals surface area contributed by atoms with Crippen molar-refractivity contribution in [3.8, 4) is 0 Å². The highest BCUT2D eigenvalue weighted by molar-refractivity contribution is 7.47. The Kier molecular flexibility index (Phi) is 35.7. The van der Waals surface area contributed by atoms with E-state index in [4.69, 9.17) is 19.1 Å². The molecule has 0 aromatic rings. The summed E-state index contributed by atoms with van der Waals surface area (Å²) < 4.78 is 32.6. The molecule has 300 valence electrons. The maximum absolute atomic E-state index is 12.6. The zero-order chi connectivity index (χ0) is 37.7. The molecule has 0 fully saturated rings. The maximum atomic E-state index is 12.6. The Morgan fingerprint density at radius 1 is 0.569 bits per heavy atom. The molecule has 0 saturated carbocycles. The van der Waals surface area contributed by atoms with Gasteiger partial charge in [-0.05, 0) is 57.8 Å². The molecule has 0 amide bonds. The van der Waals surface area contributed by atoms with Crippen LogP contribution in [-0.2, 0) is 32.7 Å². The summed E-state index contributed by atoms with van der Waals surface area (Å²) in [6.45, 7) is 2.32. The van der Waals surface area contributed by atoms with Crippen LogP contribution >= 0.6 is 7.82 Å². The van der Waals surface area contributed by atoms with Crippen LogP contribution in [0.3, 0.4) is 0 Å². The molecule has 51 heavy (non-hydrogen) atoms. The van der Waals surface area contributed by atoms with Crippen molar-refractivity contribution in [1.29, 1.82) is 0 Å². The lowest BCUT2D eigenvalue weighted by atomic mass is 10.1. The fourth-order valence-electron chi connectivity index (χ4n) is 5.38. The maximum Gasteiger partial charge on any atom is 0.472 e. The zero-order valence-electron chi connectivity index (χ0n) is 32.3. The molecule has 0 heterocycles. The Labute approximate surface area is 310 Å². The minimum absolute atomic E-state index is 0.179. The fourth-order valence-corrected chi connectivity index (χ4v) is 6.17. The van der Waals surface area contributed by atoms with Crippen LogP contribution in [0.15, 0.2) is 24.3 Å². The third-order valence-electron chi connectivity index (χ3n) is 8.58. The first kappa shape index (κ1) is 49.5. The molecule has 0 saturated heterocycles. The number of aliphatic hydroxyl groups excluding tert-OH is 2. The monoisotopic (exact) mass is 747 g/mol. The Bertz CT molecular complexity index is 910. The van der Waals surface area contributed by atoms with Gasteiger partial charge in [-0.3, -0.25) is 18.6 Å². The van der Waals surface area contributed by atoms with Crippen molar-refractivity contribution in [2.45, 2.75) is 193 Å². The molecule has 0 aliphatic rings. The number of hydrogen-bond acceptors (Lipinski definition) is 9. The largest absolute Gasteiger partial charge is 0.472 e. The van der Waals surface area contributed by atoms with Gasteiger partial charge in [0.15, 0.2) is 6.10 Å². The summed E-state index contributed by atoms with van der Waals surface area (Å²) in [5, 5.41) is 18.3. The normalized spacial score (nSPS) is 14.2. The fraction of sp³-hybridized carbons (Fsp3) is 0.850. The van der Waals surface area contributed by atoms with E-state index in [9.17, 15) is 24.2 Å². The van der Waals surface area contributed by atoms with Gasteiger partial charge in [0, 0.05) is 12.8 Å². The molecule has 1 unspecified atom stereocenters. The quantitative estimate of drug-likeness (QED) is 0.0241. The predicted molar refractivity (Wildman–Crippen MR) is 205 cm³/mol. The summed E-state index contributed by atoms with van der Waals surface area (Å²) in [7, 11) is -4.61. The van der Waals surface area contributed by atoms with Crippen LogP contribution in [0.2, 0.25) is 0 Å². The van der Waals surface area contributed by atoms with Gasteiger partial charge in [-0.1, -0.05) is 134 Å². The van der Waals surface area contributed by atoms with Crippen molar-refractivity contribution in [2.24, 2.45) is 0 Å². The van der Waals surface area contributed by atoms with E-state index in [0.717, 1.165) is 64.2 Å². The van der Waals surface area contributed by atoms with Gasteiger partial charge in [0.2, 0.25) is 0 Å². The number of aliphatic hydroxyl groups is 2. The van der Waals surface area contributed by atoms with E-state index in [1.165, 1.54) is 77.0 Å². The number of hydrogen-bond donors (Lipinski definition) is 3. The molecule has 0 rings (SSSR count). The number of carbonyl (C=O) groups excluding carboxylic acids is 2. The molecule has 0 bridgehead atoms. The van der Waals surface area contributed by atoms with Gasteiger partial charge in [0.25, 0.3) is 0 Å². The molecule has 0 aliphatic heterocycles. The lowest BCUT2D eigenvalue weighted by Crippen LogP contribution is -2.29. The molecular weight excluding hydrogens is 671 g/mol. The average molecular weight is 747 g/mol. The highest BCUT2D eigenvalue weighted by atomic mass is 31.2. The molecule has 0 aliphatic carbocycles. The molecule has 0 aromatic carbocycles. The van der Waals surface area contributed by atoms with Gasteiger partial charge in [-0.25, -0.2) is 4.57 Å². The van der Waals surface area contributed by atoms with Gasteiger partial charge in [0.05, 0.1) is 19.8 Å². The Hall–Kier alpha value is -1.55. The lowest BCUT2D eigenvalue weighted by molar-refractivity contribution is -0.161. The van der Waals surface area contributed by atoms with Gasteiger partial charge in [0.1, 0.15) is 12.7 Å². The molecule has 3 N–H and O–H groups in total. The topological polar surface area (TPSA) is 149 Å². The number of ether oxygens (including phenoxy) is 2. The number of carbonyl (C=O) groups is 2. The third kappa shape index (κ3) is 36.6. The molecule has 0 aromatic heterocycles. The minimum Gasteiger partial charge on any atom is -0.462 e. The number of unbranched alkanes of at least 4 members (excludes halogenated alkanes) is 20. The molecule has 11 heteroatoms. The van der Waals surface area contributed by atoms with Gasteiger partial charge >= 0.3 is 19.8 Å². The van der Waals surface area contributed by atoms with Crippen LogP contribution in [0.5, 0.6) is 0 Å². The lowest BCUT2D eigenvalue weighted by Gasteiger charge is -2.20. The average Bonchev–Trinajstić information content (AvgIpc) is 3.12. The van der Waals surface area contributed by atoms with Crippen LogP contribution in [0.4, 0.5) is 0 Å². The second-order valence-corrected chi connectivity index (χ2v) is 15.1. The Balaban J connectivity index is 4.32. The highest BCUT2D eigenvalue weighted by Crippen LogP contribution is 2.43. The number of allylic oxidation sites excluding steroid dienone is 4. The standard InChI is InChI=1S/C40H75O10P/c1-3-5-7-9-11-13-15-16-17-18-19-20-22-24-26-28-30-32-40(44)50-38(36-49-51(45,46)48-34-37(42)33-41)35-47-39(43)31-29-27-25-23-21-14-12-10-8-6-4-2/h10,12,16-17,37-38,41-42H,3-9,11,13-15,18-36H2,1-2H3,(H,45,46)/b12-10+,17-16+/t37-,38+/m0/s1. The summed E-state index contributed by atoms with van der Waals surface area (Å²) in [6.07, 6.45) is 34.3. The minimum atomic E-state index is -4.61. The van der Waals surface area contributed by atoms with E-state index < -0.39 is 51.8 Å². The zero-order valence-corrected chi connectivity index (χ0v) is 33.2. The van der Waals surface area contributed by atoms with Gasteiger partial charge in [-0.15, -0.1) is 0 Å². The highest BCUT2D eigenvalue weighted by Gasteiger charge is 2.27. The second-order valence-electron chi connectivity index (χ2n) is 13.7. The molecule has 0 radical (unpaired) electrons. The van der Waals surface area contributed by atoms with Crippen molar-refractivity contribution in [1.82, 2.24) is 0 Å². The van der Waals surface area contributed by atoms with Crippen molar-refractivity contribution < 1.29 is 47.8 Å². The van der Waals surface area contributed by atoms with E-state index in [0.29, 0.717) is 12.8 Å². The van der Waals surface area contributed by atoms with E-state index in [2.05, 4.69) is 42.7 Å². The summed E-state index contributed by atoms with van der Waals surface area (Å²) in [5.41, 5.74) is 0. The van der Waals surface area contributed by atoms with E-state index in [1.807, 2.05) is 0 Å². The summed E-state index contributed by atoms with van der Waals surface area (Å²) in [6, 6.07) is 0. The van der Waals surface area contributed by atoms with Crippen molar-refractivity contribution in [3.63, 3.8) is 0 Å². The molecule has 10 nitrogen and oxygen atoms in total. The summed E-state index contributed by atoms with van der Waals surface area (Å²) in [4.78, 5) is 34.8. The van der Waals surface area contributed by atoms with Crippen LogP contribution in [0.1, 0.15) is 181 Å². The van der Waals surface area contributed by atoms with Crippen molar-refractivity contribution >= 4 is 19.8 Å². The Morgan fingerprint density at radius 2 is 0.980 bits per heavy atom. The van der Waals surface area contributed by atoms with Crippen molar-refractivity contribution in [3.05, 3.63) is 24.3 Å². The third-order valence-corrected chi connectivity index (χ3v) is 9.53. The van der Waals surface area contributed by atoms with Crippen LogP contribution in [0, 0.1) is 0 Å².